The molecule has 6 N–H and O–H groups in total. The van der Waals surface area contributed by atoms with E-state index in [0.717, 1.165) is 61.3 Å². The quantitative estimate of drug-likeness (QED) is 0.288. The Bertz CT molecular complexity index is 1290. The summed E-state index contributed by atoms with van der Waals surface area (Å²) in [5.41, 5.74) is 21.9. The van der Waals surface area contributed by atoms with E-state index in [4.69, 9.17) is 26.9 Å². The first-order valence-corrected chi connectivity index (χ1v) is 11.9. The number of nitrogens with two attached hydrogens (primary N) is 3. The van der Waals surface area contributed by atoms with Crippen molar-refractivity contribution in [3.63, 3.8) is 0 Å². The predicted octanol–water partition coefficient (Wildman–Crippen LogP) is 2.28. The Labute approximate surface area is 204 Å². The van der Waals surface area contributed by atoms with Crippen LogP contribution in [-0.2, 0) is 9.53 Å². The molecule has 1 aliphatic carbocycles. The highest BCUT2D eigenvalue weighted by molar-refractivity contribution is 6.24. The molecule has 0 atom stereocenters. The number of primary amides is 1. The molecule has 2 heterocycles. The van der Waals surface area contributed by atoms with E-state index in [-0.39, 0.29) is 23.1 Å². The molecule has 1 saturated heterocycles. The summed E-state index contributed by atoms with van der Waals surface area (Å²) in [6.07, 6.45) is 1.80. The van der Waals surface area contributed by atoms with Crippen molar-refractivity contribution >= 4 is 28.3 Å². The van der Waals surface area contributed by atoms with Crippen molar-refractivity contribution in [3.05, 3.63) is 71.8 Å². The molecule has 1 amide bonds. The summed E-state index contributed by atoms with van der Waals surface area (Å²) in [5.74, 6) is -0.606. The normalized spacial score (nSPS) is 21.9. The van der Waals surface area contributed by atoms with Crippen LogP contribution in [0, 0.1) is 0 Å². The fourth-order valence-corrected chi connectivity index (χ4v) is 4.76. The molecule has 2 fully saturated rings. The number of hydrogen-bond donors (Lipinski definition) is 3. The molecule has 0 radical (unpaired) electrons. The molecule has 8 heteroatoms. The minimum atomic E-state index is -0.695. The van der Waals surface area contributed by atoms with Crippen LogP contribution in [0.15, 0.2) is 71.2 Å². The van der Waals surface area contributed by atoms with Gasteiger partial charge in [0.15, 0.2) is 0 Å². The first-order valence-electron chi connectivity index (χ1n) is 11.9. The van der Waals surface area contributed by atoms with Gasteiger partial charge >= 0.3 is 0 Å². The van der Waals surface area contributed by atoms with Gasteiger partial charge in [0.2, 0.25) is 0 Å². The zero-order valence-corrected chi connectivity index (χ0v) is 19.6. The molecule has 0 unspecified atom stereocenters. The van der Waals surface area contributed by atoms with E-state index in [9.17, 15) is 4.79 Å². The van der Waals surface area contributed by atoms with E-state index in [1.165, 1.54) is 0 Å². The number of amidine groups is 1. The summed E-state index contributed by atoms with van der Waals surface area (Å²) in [4.78, 5) is 24.2. The molecule has 0 spiro atoms. The van der Waals surface area contributed by atoms with Crippen LogP contribution in [0.1, 0.15) is 18.4 Å². The van der Waals surface area contributed by atoms with Crippen LogP contribution >= 0.6 is 0 Å². The van der Waals surface area contributed by atoms with Crippen LogP contribution in [-0.4, -0.2) is 60.0 Å². The van der Waals surface area contributed by atoms with Gasteiger partial charge in [-0.05, 0) is 25.0 Å². The number of nitrogens with zero attached hydrogens (tertiary/aromatic N) is 3. The van der Waals surface area contributed by atoms with Crippen molar-refractivity contribution in [3.8, 4) is 11.3 Å². The SMILES string of the molecule is NC(=O)/C(C(N)=NC1CC(N2CCOCC2)C1)=C(/N)c1ccc2ccc(-c3ccccc3)nc2c1. The number of rotatable bonds is 6. The maximum absolute atomic E-state index is 12.3. The topological polar surface area (TPSA) is 133 Å². The summed E-state index contributed by atoms with van der Waals surface area (Å²) in [5, 5.41) is 0.965. The van der Waals surface area contributed by atoms with Gasteiger partial charge in [0.25, 0.3) is 5.91 Å². The first-order chi connectivity index (χ1) is 17.0. The number of ether oxygens (including phenoxy) is 1. The molecule has 1 saturated carbocycles. The Balaban J connectivity index is 1.40. The molecule has 1 aliphatic heterocycles. The van der Waals surface area contributed by atoms with Crippen molar-refractivity contribution in [2.45, 2.75) is 24.9 Å². The van der Waals surface area contributed by atoms with Gasteiger partial charge in [0.05, 0.1) is 36.2 Å². The molecular weight excluding hydrogens is 440 g/mol. The number of aromatic nitrogens is 1. The van der Waals surface area contributed by atoms with Crippen LogP contribution < -0.4 is 17.2 Å². The number of carbonyl (C=O) groups excluding carboxylic acids is 1. The van der Waals surface area contributed by atoms with E-state index < -0.39 is 5.91 Å². The highest BCUT2D eigenvalue weighted by Gasteiger charge is 2.34. The van der Waals surface area contributed by atoms with Crippen LogP contribution in [0.25, 0.3) is 27.9 Å². The summed E-state index contributed by atoms with van der Waals surface area (Å²) in [7, 11) is 0. The Hall–Kier alpha value is -3.75. The molecular formula is C27H30N6O2. The van der Waals surface area contributed by atoms with Gasteiger partial charge in [-0.1, -0.05) is 48.5 Å². The van der Waals surface area contributed by atoms with Gasteiger partial charge in [0.1, 0.15) is 11.4 Å². The average molecular weight is 471 g/mol. The number of fused-ring (bicyclic) bond motifs is 1. The first kappa shape index (κ1) is 23.0. The highest BCUT2D eigenvalue weighted by Crippen LogP contribution is 2.30. The predicted molar refractivity (Wildman–Crippen MR) is 138 cm³/mol. The molecule has 5 rings (SSSR count). The second-order valence-corrected chi connectivity index (χ2v) is 9.06. The second-order valence-electron chi connectivity index (χ2n) is 9.06. The fraction of sp³-hybridized carbons (Fsp3) is 0.296. The van der Waals surface area contributed by atoms with E-state index in [1.807, 2.05) is 60.7 Å². The highest BCUT2D eigenvalue weighted by atomic mass is 16.5. The minimum absolute atomic E-state index is 0.0525. The number of aliphatic imine (C=N–C) groups is 1. The van der Waals surface area contributed by atoms with Gasteiger partial charge in [-0.3, -0.25) is 14.7 Å². The molecule has 1 aromatic heterocycles. The zero-order chi connectivity index (χ0) is 24.4. The van der Waals surface area contributed by atoms with E-state index >= 15 is 0 Å². The molecule has 180 valence electrons. The average Bonchev–Trinajstić information content (AvgIpc) is 2.86. The molecule has 0 bridgehead atoms. The Kier molecular flexibility index (Phi) is 6.48. The van der Waals surface area contributed by atoms with Gasteiger partial charge in [0, 0.05) is 35.6 Å². The number of hydrogen-bond acceptors (Lipinski definition) is 6. The number of amides is 1. The Morgan fingerprint density at radius 2 is 1.69 bits per heavy atom. The third kappa shape index (κ3) is 4.89. The zero-order valence-electron chi connectivity index (χ0n) is 19.6. The third-order valence-corrected chi connectivity index (χ3v) is 6.82. The smallest absolute Gasteiger partial charge is 0.254 e. The molecule has 35 heavy (non-hydrogen) atoms. The molecule has 2 aromatic carbocycles. The van der Waals surface area contributed by atoms with Crippen molar-refractivity contribution in [1.29, 1.82) is 0 Å². The van der Waals surface area contributed by atoms with Crippen molar-refractivity contribution in [2.24, 2.45) is 22.2 Å². The summed E-state index contributed by atoms with van der Waals surface area (Å²) >= 11 is 0. The van der Waals surface area contributed by atoms with E-state index in [1.54, 1.807) is 0 Å². The molecule has 2 aliphatic rings. The Morgan fingerprint density at radius 3 is 2.40 bits per heavy atom. The summed E-state index contributed by atoms with van der Waals surface area (Å²) in [6, 6.07) is 20.1. The van der Waals surface area contributed by atoms with Gasteiger partial charge in [-0.2, -0.15) is 0 Å². The monoisotopic (exact) mass is 470 g/mol. The maximum atomic E-state index is 12.3. The van der Waals surface area contributed by atoms with Crippen molar-refractivity contribution in [2.75, 3.05) is 26.3 Å². The summed E-state index contributed by atoms with van der Waals surface area (Å²) in [6.45, 7) is 3.42. The van der Waals surface area contributed by atoms with Crippen LogP contribution in [0.3, 0.4) is 0 Å². The van der Waals surface area contributed by atoms with Crippen LogP contribution in [0.4, 0.5) is 0 Å². The molecule has 3 aromatic rings. The number of benzene rings is 2. The van der Waals surface area contributed by atoms with Gasteiger partial charge < -0.3 is 21.9 Å². The number of morpholine rings is 1. The lowest BCUT2D eigenvalue weighted by Crippen LogP contribution is -2.51. The van der Waals surface area contributed by atoms with E-state index in [2.05, 4.69) is 9.89 Å². The van der Waals surface area contributed by atoms with Crippen molar-refractivity contribution in [1.82, 2.24) is 9.88 Å². The van der Waals surface area contributed by atoms with Gasteiger partial charge in [-0.25, -0.2) is 4.98 Å². The summed E-state index contributed by atoms with van der Waals surface area (Å²) < 4.78 is 5.43. The lowest BCUT2D eigenvalue weighted by Gasteiger charge is -2.43. The lowest BCUT2D eigenvalue weighted by atomic mass is 9.85. The number of carbonyl (C=O) groups is 1. The lowest BCUT2D eigenvalue weighted by molar-refractivity contribution is -0.114. The van der Waals surface area contributed by atoms with Crippen LogP contribution in [0.2, 0.25) is 0 Å². The van der Waals surface area contributed by atoms with Crippen molar-refractivity contribution < 1.29 is 9.53 Å². The van der Waals surface area contributed by atoms with Gasteiger partial charge in [-0.15, -0.1) is 0 Å². The maximum Gasteiger partial charge on any atom is 0.254 e. The second kappa shape index (κ2) is 9.85. The fourth-order valence-electron chi connectivity index (χ4n) is 4.76. The Morgan fingerprint density at radius 1 is 0.971 bits per heavy atom. The number of pyridine rings is 1. The standard InChI is InChI=1S/C27H30N6O2/c28-25(19-7-6-18-8-9-22(32-23(18)14-19)17-4-2-1-3-5-17)24(27(30)34)26(29)31-20-15-21(16-20)33-10-12-35-13-11-33/h1-9,14,20-21H,10-13,15-16,28H2,(H2,29,31)(H2,30,34)/b25-24+. The van der Waals surface area contributed by atoms with E-state index in [0.29, 0.717) is 11.6 Å². The van der Waals surface area contributed by atoms with Crippen LogP contribution in [0.5, 0.6) is 0 Å². The minimum Gasteiger partial charge on any atom is -0.397 e. The molecule has 8 nitrogen and oxygen atoms in total. The largest absolute Gasteiger partial charge is 0.397 e. The third-order valence-electron chi connectivity index (χ3n) is 6.82.